The Balaban J connectivity index is 2.42. The van der Waals surface area contributed by atoms with Crippen molar-refractivity contribution < 1.29 is 4.52 Å². The average Bonchev–Trinajstić information content (AvgIpc) is 2.04. The Kier molecular flexibility index (Phi) is 3.29. The van der Waals surface area contributed by atoms with Gasteiger partial charge in [-0.1, -0.05) is 5.92 Å². The maximum absolute atomic E-state index is 5.48. The third-order valence-electron chi connectivity index (χ3n) is 1.62. The van der Waals surface area contributed by atoms with Crippen molar-refractivity contribution in [3.63, 3.8) is 0 Å². The summed E-state index contributed by atoms with van der Waals surface area (Å²) in [6.45, 7) is 1.62. The van der Waals surface area contributed by atoms with Crippen LogP contribution in [0.5, 0.6) is 0 Å². The Morgan fingerprint density at radius 3 is 3.00 bits per heavy atom. The molecule has 0 spiro atoms. The molecule has 3 nitrogen and oxygen atoms in total. The van der Waals surface area contributed by atoms with Crippen LogP contribution in [0.1, 0.15) is 0 Å². The molecule has 0 saturated carbocycles. The van der Waals surface area contributed by atoms with Gasteiger partial charge in [0.1, 0.15) is 0 Å². The van der Waals surface area contributed by atoms with Gasteiger partial charge in [0.2, 0.25) is 0 Å². The second-order valence-corrected chi connectivity index (χ2v) is 4.43. The zero-order chi connectivity index (χ0) is 8.27. The molecule has 0 amide bonds. The Labute approximate surface area is 69.0 Å². The minimum absolute atomic E-state index is 0.257. The van der Waals surface area contributed by atoms with Crippen LogP contribution in [0, 0.1) is 18.3 Å². The van der Waals surface area contributed by atoms with E-state index in [4.69, 9.17) is 10.9 Å². The predicted molar refractivity (Wildman–Crippen MR) is 46.9 cm³/mol. The summed E-state index contributed by atoms with van der Waals surface area (Å²) in [7, 11) is 3.35. The topological polar surface area (TPSA) is 24.5 Å². The molecule has 0 aromatic rings. The van der Waals surface area contributed by atoms with Gasteiger partial charge in [0.25, 0.3) is 0 Å². The van der Waals surface area contributed by atoms with E-state index in [1.165, 1.54) is 0 Å². The van der Waals surface area contributed by atoms with Gasteiger partial charge in [-0.25, -0.2) is 4.67 Å². The minimum atomic E-state index is -0.575. The number of hydrogen-bond acceptors (Lipinski definition) is 3. The van der Waals surface area contributed by atoms with E-state index in [9.17, 15) is 0 Å². The van der Waals surface area contributed by atoms with Gasteiger partial charge in [-0.05, 0) is 14.1 Å². The first-order valence-corrected chi connectivity index (χ1v) is 4.76. The van der Waals surface area contributed by atoms with Gasteiger partial charge < -0.3 is 4.52 Å². The van der Waals surface area contributed by atoms with Crippen LogP contribution in [0.25, 0.3) is 0 Å². The zero-order valence-electron chi connectivity index (χ0n) is 6.87. The van der Waals surface area contributed by atoms with Crippen LogP contribution in [0.15, 0.2) is 0 Å². The fourth-order valence-corrected chi connectivity index (χ4v) is 2.38. The highest BCUT2D eigenvalue weighted by Gasteiger charge is 2.24. The Morgan fingerprint density at radius 1 is 1.82 bits per heavy atom. The second-order valence-electron chi connectivity index (χ2n) is 2.50. The zero-order valence-corrected chi connectivity index (χ0v) is 7.77. The predicted octanol–water partition coefficient (Wildman–Crippen LogP) is 0.644. The summed E-state index contributed by atoms with van der Waals surface area (Å²) in [5.74, 6) is 2.95. The molecule has 0 radical (unpaired) electrons. The normalized spacial score (nSPS) is 33.2. The van der Waals surface area contributed by atoms with E-state index in [2.05, 4.69) is 15.7 Å². The molecule has 1 aliphatic heterocycles. The van der Waals surface area contributed by atoms with Crippen molar-refractivity contribution in [2.45, 2.75) is 0 Å². The quantitative estimate of drug-likeness (QED) is 0.464. The lowest BCUT2D eigenvalue weighted by atomic mass is 10.2. The molecule has 1 saturated heterocycles. The molecule has 1 rings (SSSR count). The van der Waals surface area contributed by atoms with Crippen molar-refractivity contribution in [2.24, 2.45) is 5.92 Å². The molecule has 1 aliphatic rings. The number of rotatable bonds is 1. The van der Waals surface area contributed by atoms with E-state index >= 15 is 0 Å². The van der Waals surface area contributed by atoms with Crippen LogP contribution in [0.2, 0.25) is 0 Å². The highest BCUT2D eigenvalue weighted by Crippen LogP contribution is 2.39. The summed E-state index contributed by atoms with van der Waals surface area (Å²) >= 11 is 0. The smallest absolute Gasteiger partial charge is 0.184 e. The molecule has 62 valence electrons. The van der Waals surface area contributed by atoms with Crippen molar-refractivity contribution in [1.82, 2.24) is 9.76 Å². The summed E-state index contributed by atoms with van der Waals surface area (Å²) in [6, 6.07) is 0. The standard InChI is InChI=1S/C7H13N2OP/c1-4-7-5-9(3)11(8-2)10-6-7/h1,7-8H,5-6H2,2-3H3. The molecule has 0 bridgehead atoms. The molecule has 11 heavy (non-hydrogen) atoms. The van der Waals surface area contributed by atoms with E-state index in [0.29, 0.717) is 6.61 Å². The van der Waals surface area contributed by atoms with Gasteiger partial charge in [0, 0.05) is 6.54 Å². The number of hydrogen-bond donors (Lipinski definition) is 1. The highest BCUT2D eigenvalue weighted by molar-refractivity contribution is 7.47. The van der Waals surface area contributed by atoms with Crippen LogP contribution in [-0.2, 0) is 4.52 Å². The molecule has 2 unspecified atom stereocenters. The minimum Gasteiger partial charge on any atom is -0.330 e. The molecule has 1 heterocycles. The fraction of sp³-hybridized carbons (Fsp3) is 0.714. The summed E-state index contributed by atoms with van der Waals surface area (Å²) in [6.07, 6.45) is 5.28. The monoisotopic (exact) mass is 172 g/mol. The molecule has 1 N–H and O–H groups in total. The van der Waals surface area contributed by atoms with Crippen molar-refractivity contribution in [3.8, 4) is 12.3 Å². The molecule has 0 aromatic heterocycles. The third-order valence-corrected chi connectivity index (χ3v) is 3.18. The maximum atomic E-state index is 5.48. The van der Waals surface area contributed by atoms with Crippen LogP contribution in [0.4, 0.5) is 0 Å². The van der Waals surface area contributed by atoms with Crippen LogP contribution < -0.4 is 5.09 Å². The average molecular weight is 172 g/mol. The first kappa shape index (κ1) is 8.96. The van der Waals surface area contributed by atoms with E-state index in [1.807, 2.05) is 14.1 Å². The highest BCUT2D eigenvalue weighted by atomic mass is 31.2. The molecule has 4 heteroatoms. The van der Waals surface area contributed by atoms with Crippen molar-refractivity contribution in [3.05, 3.63) is 0 Å². The lowest BCUT2D eigenvalue weighted by Gasteiger charge is -2.33. The van der Waals surface area contributed by atoms with Crippen molar-refractivity contribution >= 4 is 8.45 Å². The Bertz CT molecular complexity index is 168. The van der Waals surface area contributed by atoms with Gasteiger partial charge in [-0.2, -0.15) is 0 Å². The summed E-state index contributed by atoms with van der Waals surface area (Å²) in [5.41, 5.74) is 0. The van der Waals surface area contributed by atoms with E-state index in [0.717, 1.165) is 6.54 Å². The SMILES string of the molecule is C#CC1COP(NC)N(C)C1. The summed E-state index contributed by atoms with van der Waals surface area (Å²) in [5, 5.41) is 3.10. The van der Waals surface area contributed by atoms with Crippen LogP contribution >= 0.6 is 8.45 Å². The largest absolute Gasteiger partial charge is 0.330 e. The maximum Gasteiger partial charge on any atom is 0.184 e. The molecular weight excluding hydrogens is 159 g/mol. The van der Waals surface area contributed by atoms with Crippen molar-refractivity contribution in [1.29, 1.82) is 0 Å². The van der Waals surface area contributed by atoms with Gasteiger partial charge in [0.15, 0.2) is 8.45 Å². The first-order chi connectivity index (χ1) is 5.27. The van der Waals surface area contributed by atoms with Gasteiger partial charge in [0.05, 0.1) is 12.5 Å². The summed E-state index contributed by atoms with van der Waals surface area (Å²) in [4.78, 5) is 0. The lowest BCUT2D eigenvalue weighted by molar-refractivity contribution is 0.220. The van der Waals surface area contributed by atoms with E-state index in [-0.39, 0.29) is 5.92 Å². The molecule has 0 aliphatic carbocycles. The van der Waals surface area contributed by atoms with Crippen LogP contribution in [0.3, 0.4) is 0 Å². The van der Waals surface area contributed by atoms with E-state index < -0.39 is 8.45 Å². The van der Waals surface area contributed by atoms with Gasteiger partial charge in [-0.3, -0.25) is 5.09 Å². The Morgan fingerprint density at radius 2 is 2.55 bits per heavy atom. The number of terminal acetylenes is 1. The fourth-order valence-electron chi connectivity index (χ4n) is 1.04. The molecule has 0 aromatic carbocycles. The molecule has 1 fully saturated rings. The third kappa shape index (κ3) is 2.15. The number of nitrogens with one attached hydrogen (secondary N) is 1. The molecular formula is C7H13N2OP. The van der Waals surface area contributed by atoms with Crippen LogP contribution in [-0.4, -0.2) is 31.9 Å². The lowest BCUT2D eigenvalue weighted by Crippen LogP contribution is -2.33. The number of nitrogens with zero attached hydrogens (tertiary/aromatic N) is 1. The van der Waals surface area contributed by atoms with Gasteiger partial charge in [-0.15, -0.1) is 6.42 Å². The molecule has 2 atom stereocenters. The first-order valence-electron chi connectivity index (χ1n) is 3.55. The van der Waals surface area contributed by atoms with Gasteiger partial charge >= 0.3 is 0 Å². The van der Waals surface area contributed by atoms with Crippen molar-refractivity contribution in [2.75, 3.05) is 27.2 Å². The van der Waals surface area contributed by atoms with E-state index in [1.54, 1.807) is 0 Å². The second kappa shape index (κ2) is 4.04. The summed E-state index contributed by atoms with van der Waals surface area (Å²) < 4.78 is 7.61. The Hall–Kier alpha value is -0.130.